The Morgan fingerprint density at radius 1 is 0.727 bits per heavy atom. The number of ether oxygens (including phenoxy) is 1. The van der Waals surface area contributed by atoms with Crippen LogP contribution in [0.1, 0.15) is 143 Å². The number of esters is 1. The number of carbonyl (C=O) groups is 1. The van der Waals surface area contributed by atoms with Crippen LogP contribution >= 0.6 is 0 Å². The summed E-state index contributed by atoms with van der Waals surface area (Å²) in [6, 6.07) is 0. The third-order valence-corrected chi connectivity index (χ3v) is 6.83. The highest BCUT2D eigenvalue weighted by Crippen LogP contribution is 2.18. The van der Waals surface area contributed by atoms with Crippen molar-refractivity contribution in [2.24, 2.45) is 5.92 Å². The van der Waals surface area contributed by atoms with Crippen molar-refractivity contribution in [2.45, 2.75) is 149 Å². The second-order valence-corrected chi connectivity index (χ2v) is 10.5. The molecule has 0 aromatic rings. The Morgan fingerprint density at radius 3 is 1.76 bits per heavy atom. The molecule has 2 unspecified atom stereocenters. The van der Waals surface area contributed by atoms with Gasteiger partial charge in [0.05, 0.1) is 12.7 Å². The molecule has 6 nitrogen and oxygen atoms in total. The number of hydrogen-bond acceptors (Lipinski definition) is 5. The smallest absolute Gasteiger partial charge is 0.397 e. The van der Waals surface area contributed by atoms with E-state index in [0.29, 0.717) is 31.8 Å². The van der Waals surface area contributed by atoms with Gasteiger partial charge in [0.25, 0.3) is 0 Å². The Bertz CT molecular complexity index is 549. The average molecular weight is 493 g/mol. The zero-order valence-corrected chi connectivity index (χ0v) is 22.5. The van der Waals surface area contributed by atoms with Crippen molar-refractivity contribution in [3.63, 3.8) is 0 Å². The summed E-state index contributed by atoms with van der Waals surface area (Å²) < 4.78 is 41.6. The molecule has 1 N–H and O–H groups in total. The Balaban J connectivity index is 3.84. The van der Waals surface area contributed by atoms with Crippen LogP contribution in [0, 0.1) is 5.92 Å². The summed E-state index contributed by atoms with van der Waals surface area (Å²) in [6.45, 7) is 7.07. The van der Waals surface area contributed by atoms with Crippen LogP contribution in [0.4, 0.5) is 0 Å². The predicted octanol–water partition coefficient (Wildman–Crippen LogP) is 7.81. The van der Waals surface area contributed by atoms with Gasteiger partial charge in [0.15, 0.2) is 0 Å². The lowest BCUT2D eigenvalue weighted by atomic mass is 10.0. The summed E-state index contributed by atoms with van der Waals surface area (Å²) in [5, 5.41) is 0. The van der Waals surface area contributed by atoms with E-state index in [2.05, 4.69) is 20.8 Å². The van der Waals surface area contributed by atoms with E-state index in [1.165, 1.54) is 32.1 Å². The van der Waals surface area contributed by atoms with E-state index in [1.807, 2.05) is 0 Å². The molecule has 0 amide bonds. The largest absolute Gasteiger partial charge is 0.465 e. The SMILES string of the molecule is CCCCCCCCC(CCCCCCCCC(=O)OCC(CC)CCCC)OS(=O)(=O)O. The van der Waals surface area contributed by atoms with Gasteiger partial charge < -0.3 is 4.74 Å². The molecular weight excluding hydrogens is 440 g/mol. The molecule has 0 aliphatic rings. The van der Waals surface area contributed by atoms with Crippen LogP contribution < -0.4 is 0 Å². The Morgan fingerprint density at radius 2 is 1.24 bits per heavy atom. The number of unbranched alkanes of at least 4 members (excludes halogenated alkanes) is 11. The number of carbonyl (C=O) groups excluding carboxylic acids is 1. The first-order valence-corrected chi connectivity index (χ1v) is 15.0. The monoisotopic (exact) mass is 492 g/mol. The van der Waals surface area contributed by atoms with Crippen molar-refractivity contribution in [3.8, 4) is 0 Å². The van der Waals surface area contributed by atoms with Crippen LogP contribution in [0.2, 0.25) is 0 Å². The minimum absolute atomic E-state index is 0.0788. The van der Waals surface area contributed by atoms with Crippen molar-refractivity contribution >= 4 is 16.4 Å². The van der Waals surface area contributed by atoms with Crippen molar-refractivity contribution in [2.75, 3.05) is 6.61 Å². The lowest BCUT2D eigenvalue weighted by molar-refractivity contribution is -0.145. The molecule has 0 bridgehead atoms. The second kappa shape index (κ2) is 21.8. The lowest BCUT2D eigenvalue weighted by Crippen LogP contribution is -2.18. The van der Waals surface area contributed by atoms with Crippen LogP contribution in [-0.4, -0.2) is 31.7 Å². The maximum Gasteiger partial charge on any atom is 0.397 e. The van der Waals surface area contributed by atoms with Crippen molar-refractivity contribution in [1.29, 1.82) is 0 Å². The molecule has 0 heterocycles. The highest BCUT2D eigenvalue weighted by atomic mass is 32.3. The third-order valence-electron chi connectivity index (χ3n) is 6.32. The van der Waals surface area contributed by atoms with Crippen molar-refractivity contribution in [3.05, 3.63) is 0 Å². The van der Waals surface area contributed by atoms with Gasteiger partial charge in [0.2, 0.25) is 0 Å². The normalized spacial score (nSPS) is 13.7. The fourth-order valence-electron chi connectivity index (χ4n) is 4.09. The highest BCUT2D eigenvalue weighted by Gasteiger charge is 2.16. The molecule has 0 rings (SSSR count). The zero-order valence-electron chi connectivity index (χ0n) is 21.7. The van der Waals surface area contributed by atoms with Gasteiger partial charge in [-0.2, -0.15) is 8.42 Å². The van der Waals surface area contributed by atoms with E-state index in [4.69, 9.17) is 13.5 Å². The first-order chi connectivity index (χ1) is 15.8. The first-order valence-electron chi connectivity index (χ1n) is 13.6. The molecule has 0 aliphatic heterocycles. The molecule has 0 saturated carbocycles. The van der Waals surface area contributed by atoms with Gasteiger partial charge in [-0.25, -0.2) is 4.18 Å². The minimum Gasteiger partial charge on any atom is -0.465 e. The summed E-state index contributed by atoms with van der Waals surface area (Å²) in [4.78, 5) is 11.9. The highest BCUT2D eigenvalue weighted by molar-refractivity contribution is 7.80. The van der Waals surface area contributed by atoms with Gasteiger partial charge in [-0.15, -0.1) is 0 Å². The fourth-order valence-corrected chi connectivity index (χ4v) is 4.63. The molecule has 0 radical (unpaired) electrons. The van der Waals surface area contributed by atoms with Crippen molar-refractivity contribution in [1.82, 2.24) is 0 Å². The minimum atomic E-state index is -4.40. The first kappa shape index (κ1) is 32.3. The van der Waals surface area contributed by atoms with E-state index in [9.17, 15) is 13.2 Å². The van der Waals surface area contributed by atoms with E-state index in [-0.39, 0.29) is 5.97 Å². The third kappa shape index (κ3) is 22.9. The average Bonchev–Trinajstić information content (AvgIpc) is 2.76. The summed E-state index contributed by atoms with van der Waals surface area (Å²) >= 11 is 0. The maximum atomic E-state index is 11.9. The lowest BCUT2D eigenvalue weighted by Gasteiger charge is -2.15. The number of hydrogen-bond donors (Lipinski definition) is 1. The molecule has 33 heavy (non-hydrogen) atoms. The van der Waals surface area contributed by atoms with Gasteiger partial charge in [-0.3, -0.25) is 9.35 Å². The maximum absolute atomic E-state index is 11.9. The Hall–Kier alpha value is -0.660. The quantitative estimate of drug-likeness (QED) is 0.0839. The molecule has 0 aliphatic carbocycles. The topological polar surface area (TPSA) is 89.9 Å². The number of rotatable bonds is 24. The molecule has 0 fully saturated rings. The van der Waals surface area contributed by atoms with Gasteiger partial charge >= 0.3 is 16.4 Å². The molecule has 0 aromatic carbocycles. The fraction of sp³-hybridized carbons (Fsp3) is 0.962. The summed E-state index contributed by atoms with van der Waals surface area (Å²) in [5.41, 5.74) is 0. The van der Waals surface area contributed by atoms with E-state index in [1.54, 1.807) is 0 Å². The van der Waals surface area contributed by atoms with E-state index < -0.39 is 16.5 Å². The van der Waals surface area contributed by atoms with Crippen LogP contribution in [0.25, 0.3) is 0 Å². The van der Waals surface area contributed by atoms with Crippen LogP contribution in [0.15, 0.2) is 0 Å². The van der Waals surface area contributed by atoms with Crippen LogP contribution in [0.5, 0.6) is 0 Å². The molecule has 0 saturated heterocycles. The molecule has 198 valence electrons. The molecule has 0 aromatic heterocycles. The summed E-state index contributed by atoms with van der Waals surface area (Å²) in [7, 11) is -4.40. The van der Waals surface area contributed by atoms with Gasteiger partial charge in [-0.05, 0) is 31.6 Å². The van der Waals surface area contributed by atoms with Crippen LogP contribution in [0.3, 0.4) is 0 Å². The van der Waals surface area contributed by atoms with E-state index >= 15 is 0 Å². The summed E-state index contributed by atoms with van der Waals surface area (Å²) in [5.74, 6) is 0.411. The standard InChI is InChI=1S/C26H52O6S/c1-4-7-9-10-13-16-20-25(32-33(28,29)30)21-17-14-11-12-15-18-22-26(27)31-23-24(6-3)19-8-5-2/h24-25H,4-23H2,1-3H3,(H,28,29,30). The second-order valence-electron chi connectivity index (χ2n) is 9.46. The summed E-state index contributed by atoms with van der Waals surface area (Å²) in [6.07, 6.45) is 18.6. The molecular formula is C26H52O6S. The van der Waals surface area contributed by atoms with Gasteiger partial charge in [0, 0.05) is 6.42 Å². The van der Waals surface area contributed by atoms with Gasteiger partial charge in [-0.1, -0.05) is 111 Å². The molecule has 7 heteroatoms. The van der Waals surface area contributed by atoms with Crippen molar-refractivity contribution < 1.29 is 26.7 Å². The Kier molecular flexibility index (Phi) is 21.4. The predicted molar refractivity (Wildman–Crippen MR) is 136 cm³/mol. The van der Waals surface area contributed by atoms with E-state index in [0.717, 1.165) is 70.6 Å². The van der Waals surface area contributed by atoms with Crippen LogP contribution in [-0.2, 0) is 24.1 Å². The molecule has 2 atom stereocenters. The Labute approximate surface area is 204 Å². The van der Waals surface area contributed by atoms with Gasteiger partial charge in [0.1, 0.15) is 0 Å². The molecule has 0 spiro atoms. The zero-order chi connectivity index (χ0) is 24.8.